The highest BCUT2D eigenvalue weighted by molar-refractivity contribution is 8.00. The second-order valence-electron chi connectivity index (χ2n) is 7.54. The van der Waals surface area contributed by atoms with Gasteiger partial charge in [-0.2, -0.15) is 0 Å². The first-order valence-electron chi connectivity index (χ1n) is 10.3. The zero-order chi connectivity index (χ0) is 19.5. The Balaban J connectivity index is 1.54. The molecule has 2 fully saturated rings. The minimum atomic E-state index is -0.163. The number of thioether (sulfide) groups is 1. The number of rotatable bonds is 8. The fraction of sp³-hybridized carbons (Fsp3) is 0.571. The van der Waals surface area contributed by atoms with Crippen LogP contribution in [0.4, 0.5) is 5.95 Å². The van der Waals surface area contributed by atoms with E-state index in [1.807, 2.05) is 24.3 Å². The smallest absolute Gasteiger partial charge is 0.228 e. The molecular formula is C21H28N4O2S. The minimum absolute atomic E-state index is 0.139. The minimum Gasteiger partial charge on any atom is -0.497 e. The van der Waals surface area contributed by atoms with Crippen LogP contribution in [-0.2, 0) is 0 Å². The Morgan fingerprint density at radius 2 is 1.89 bits per heavy atom. The molecule has 6 nitrogen and oxygen atoms in total. The lowest BCUT2D eigenvalue weighted by molar-refractivity contribution is 0.0988. The first-order valence-corrected chi connectivity index (χ1v) is 11.1. The fourth-order valence-electron chi connectivity index (χ4n) is 3.70. The summed E-state index contributed by atoms with van der Waals surface area (Å²) < 4.78 is 7.49. The Morgan fingerprint density at radius 3 is 2.50 bits per heavy atom. The first-order chi connectivity index (χ1) is 13.7. The van der Waals surface area contributed by atoms with Crippen LogP contribution in [0, 0.1) is 0 Å². The van der Waals surface area contributed by atoms with Gasteiger partial charge in [-0.3, -0.25) is 9.36 Å². The number of carbonyl (C=O) groups is 1. The lowest BCUT2D eigenvalue weighted by Gasteiger charge is -2.28. The lowest BCUT2D eigenvalue weighted by atomic mass is 10.1. The predicted molar refractivity (Wildman–Crippen MR) is 112 cm³/mol. The molecule has 2 heterocycles. The number of carbonyl (C=O) groups excluding carboxylic acids is 1. The Kier molecular flexibility index (Phi) is 5.90. The van der Waals surface area contributed by atoms with Gasteiger partial charge in [0, 0.05) is 24.7 Å². The van der Waals surface area contributed by atoms with Crippen LogP contribution in [0.25, 0.3) is 0 Å². The summed E-state index contributed by atoms with van der Waals surface area (Å²) in [6.45, 7) is 4.16. The largest absolute Gasteiger partial charge is 0.497 e. The Labute approximate surface area is 170 Å². The number of methoxy groups -OCH3 is 1. The van der Waals surface area contributed by atoms with Crippen molar-refractivity contribution in [2.24, 2.45) is 0 Å². The van der Waals surface area contributed by atoms with E-state index < -0.39 is 0 Å². The molecular weight excluding hydrogens is 372 g/mol. The van der Waals surface area contributed by atoms with Crippen molar-refractivity contribution >= 4 is 23.5 Å². The van der Waals surface area contributed by atoms with Gasteiger partial charge in [-0.15, -0.1) is 10.2 Å². The van der Waals surface area contributed by atoms with Crippen molar-refractivity contribution in [3.8, 4) is 5.75 Å². The van der Waals surface area contributed by atoms with Gasteiger partial charge in [0.2, 0.25) is 5.95 Å². The topological polar surface area (TPSA) is 60.2 Å². The monoisotopic (exact) mass is 400 g/mol. The van der Waals surface area contributed by atoms with Crippen molar-refractivity contribution in [2.75, 3.05) is 25.1 Å². The quantitative estimate of drug-likeness (QED) is 0.484. The van der Waals surface area contributed by atoms with Gasteiger partial charge in [0.15, 0.2) is 10.9 Å². The molecule has 2 aromatic rings. The average molecular weight is 401 g/mol. The molecule has 1 aromatic carbocycles. The molecule has 1 atom stereocenters. The summed E-state index contributed by atoms with van der Waals surface area (Å²) in [6.07, 6.45) is 6.84. The summed E-state index contributed by atoms with van der Waals surface area (Å²) in [5, 5.41) is 9.76. The van der Waals surface area contributed by atoms with Crippen LogP contribution < -0.4 is 9.64 Å². The fourth-order valence-corrected chi connectivity index (χ4v) is 4.80. The predicted octanol–water partition coefficient (Wildman–Crippen LogP) is 4.37. The van der Waals surface area contributed by atoms with Gasteiger partial charge in [-0.05, 0) is 62.8 Å². The van der Waals surface area contributed by atoms with E-state index in [1.54, 1.807) is 18.9 Å². The van der Waals surface area contributed by atoms with Crippen LogP contribution >= 0.6 is 11.8 Å². The molecule has 1 unspecified atom stereocenters. The third-order valence-corrected chi connectivity index (χ3v) is 6.80. The van der Waals surface area contributed by atoms with Crippen LogP contribution in [0.5, 0.6) is 5.75 Å². The summed E-state index contributed by atoms with van der Waals surface area (Å²) in [6, 6.07) is 7.85. The van der Waals surface area contributed by atoms with Gasteiger partial charge in [0.1, 0.15) is 5.75 Å². The summed E-state index contributed by atoms with van der Waals surface area (Å²) in [4.78, 5) is 15.4. The number of piperidine rings is 1. The molecule has 150 valence electrons. The number of aromatic nitrogens is 3. The third kappa shape index (κ3) is 4.04. The molecule has 7 heteroatoms. The molecule has 1 saturated carbocycles. The number of benzene rings is 1. The number of anilines is 1. The van der Waals surface area contributed by atoms with E-state index in [0.29, 0.717) is 11.6 Å². The Bertz CT molecular complexity index is 810. The summed E-state index contributed by atoms with van der Waals surface area (Å²) in [5.41, 5.74) is 0.717. The molecule has 0 bridgehead atoms. The van der Waals surface area contributed by atoms with E-state index in [9.17, 15) is 4.79 Å². The standard InChI is InChI=1S/C21H28N4O2S/c1-3-18(19(26)15-7-11-17(27-2)12-8-15)28-21-23-22-20(25(21)16-9-10-16)24-13-5-4-6-14-24/h7-8,11-12,16,18H,3-6,9-10,13-14H2,1-2H3. The molecule has 0 amide bonds. The van der Waals surface area contributed by atoms with E-state index in [4.69, 9.17) is 4.74 Å². The number of nitrogens with zero attached hydrogens (tertiary/aromatic N) is 4. The molecule has 2 aliphatic rings. The SMILES string of the molecule is CCC(Sc1nnc(N2CCCCC2)n1C1CC1)C(=O)c1ccc(OC)cc1. The van der Waals surface area contributed by atoms with Gasteiger partial charge in [-0.25, -0.2) is 0 Å². The Morgan fingerprint density at radius 1 is 1.18 bits per heavy atom. The van der Waals surface area contributed by atoms with Gasteiger partial charge in [0.25, 0.3) is 0 Å². The van der Waals surface area contributed by atoms with Crippen LogP contribution in [0.3, 0.4) is 0 Å². The zero-order valence-electron chi connectivity index (χ0n) is 16.6. The van der Waals surface area contributed by atoms with Crippen molar-refractivity contribution < 1.29 is 9.53 Å². The van der Waals surface area contributed by atoms with Crippen LogP contribution in [-0.4, -0.2) is 46.0 Å². The molecule has 1 aliphatic carbocycles. The van der Waals surface area contributed by atoms with E-state index in [2.05, 4.69) is 26.6 Å². The van der Waals surface area contributed by atoms with Crippen molar-refractivity contribution in [1.29, 1.82) is 0 Å². The molecule has 1 aliphatic heterocycles. The normalized spacial score (nSPS) is 18.1. The maximum atomic E-state index is 13.1. The first kappa shape index (κ1) is 19.3. The molecule has 4 rings (SSSR count). The highest BCUT2D eigenvalue weighted by Gasteiger charge is 2.33. The van der Waals surface area contributed by atoms with Crippen LogP contribution in [0.1, 0.15) is 61.8 Å². The van der Waals surface area contributed by atoms with E-state index in [1.165, 1.54) is 32.1 Å². The van der Waals surface area contributed by atoms with Crippen molar-refractivity contribution in [3.63, 3.8) is 0 Å². The summed E-state index contributed by atoms with van der Waals surface area (Å²) in [5.74, 6) is 1.90. The van der Waals surface area contributed by atoms with Gasteiger partial charge in [0.05, 0.1) is 12.4 Å². The highest BCUT2D eigenvalue weighted by atomic mass is 32.2. The maximum absolute atomic E-state index is 13.1. The van der Waals surface area contributed by atoms with Gasteiger partial charge in [-0.1, -0.05) is 18.7 Å². The molecule has 0 radical (unpaired) electrons. The van der Waals surface area contributed by atoms with Gasteiger partial charge >= 0.3 is 0 Å². The van der Waals surface area contributed by atoms with Gasteiger partial charge < -0.3 is 9.64 Å². The number of Topliss-reactive ketones (excluding diaryl/α,β-unsaturated/α-hetero) is 1. The highest BCUT2D eigenvalue weighted by Crippen LogP contribution is 2.42. The number of hydrogen-bond acceptors (Lipinski definition) is 6. The van der Waals surface area contributed by atoms with E-state index in [-0.39, 0.29) is 11.0 Å². The maximum Gasteiger partial charge on any atom is 0.228 e. The van der Waals surface area contributed by atoms with Crippen molar-refractivity contribution in [2.45, 2.75) is 61.9 Å². The molecule has 0 spiro atoms. The number of ketones is 1. The van der Waals surface area contributed by atoms with Crippen molar-refractivity contribution in [1.82, 2.24) is 14.8 Å². The van der Waals surface area contributed by atoms with E-state index in [0.717, 1.165) is 36.4 Å². The number of ether oxygens (including phenoxy) is 1. The molecule has 1 saturated heterocycles. The number of hydrogen-bond donors (Lipinski definition) is 0. The summed E-state index contributed by atoms with van der Waals surface area (Å²) in [7, 11) is 1.63. The zero-order valence-corrected chi connectivity index (χ0v) is 17.5. The van der Waals surface area contributed by atoms with Crippen LogP contribution in [0.15, 0.2) is 29.4 Å². The molecule has 1 aromatic heterocycles. The second kappa shape index (κ2) is 8.55. The van der Waals surface area contributed by atoms with Crippen molar-refractivity contribution in [3.05, 3.63) is 29.8 Å². The molecule has 28 heavy (non-hydrogen) atoms. The summed E-state index contributed by atoms with van der Waals surface area (Å²) >= 11 is 1.56. The van der Waals surface area contributed by atoms with E-state index >= 15 is 0 Å². The average Bonchev–Trinajstić information content (AvgIpc) is 3.51. The Hall–Kier alpha value is -2.02. The second-order valence-corrected chi connectivity index (χ2v) is 8.71. The van der Waals surface area contributed by atoms with Crippen LogP contribution in [0.2, 0.25) is 0 Å². The molecule has 0 N–H and O–H groups in total. The lowest BCUT2D eigenvalue weighted by Crippen LogP contribution is -2.32. The third-order valence-electron chi connectivity index (χ3n) is 5.48.